The third kappa shape index (κ3) is 9.33. The first kappa shape index (κ1) is 27.5. The number of aliphatic imine (C=N–C) groups is 1. The van der Waals surface area contributed by atoms with Crippen molar-refractivity contribution in [2.45, 2.75) is 39.8 Å². The summed E-state index contributed by atoms with van der Waals surface area (Å²) >= 11 is 0. The van der Waals surface area contributed by atoms with E-state index in [1.165, 1.54) is 0 Å². The van der Waals surface area contributed by atoms with Gasteiger partial charge in [-0.05, 0) is 44.0 Å². The van der Waals surface area contributed by atoms with Crippen molar-refractivity contribution >= 4 is 35.8 Å². The second-order valence-corrected chi connectivity index (χ2v) is 6.95. The second-order valence-electron chi connectivity index (χ2n) is 6.95. The van der Waals surface area contributed by atoms with Gasteiger partial charge < -0.3 is 25.4 Å². The van der Waals surface area contributed by atoms with Crippen molar-refractivity contribution in [2.24, 2.45) is 4.99 Å². The van der Waals surface area contributed by atoms with Crippen LogP contribution in [0.25, 0.3) is 0 Å². The third-order valence-electron chi connectivity index (χ3n) is 4.62. The molecule has 1 unspecified atom stereocenters. The monoisotopic (exact) mass is 554 g/mol. The Kier molecular flexibility index (Phi) is 13.2. The fourth-order valence-electron chi connectivity index (χ4n) is 3.00. The van der Waals surface area contributed by atoms with Gasteiger partial charge in [0.2, 0.25) is 5.91 Å². The molecule has 7 nitrogen and oxygen atoms in total. The maximum atomic E-state index is 12.1. The number of guanidine groups is 1. The van der Waals surface area contributed by atoms with Crippen molar-refractivity contribution in [3.63, 3.8) is 0 Å². The quantitative estimate of drug-likeness (QED) is 0.222. The first-order valence-electron chi connectivity index (χ1n) is 10.7. The van der Waals surface area contributed by atoms with E-state index in [1.807, 2.05) is 69.3 Å². The van der Waals surface area contributed by atoms with Gasteiger partial charge in [0.25, 0.3) is 0 Å². The smallest absolute Gasteiger partial charge is 0.222 e. The van der Waals surface area contributed by atoms with Crippen LogP contribution < -0.4 is 25.4 Å². The molecule has 3 N–H and O–H groups in total. The van der Waals surface area contributed by atoms with Crippen LogP contribution in [0.4, 0.5) is 0 Å². The molecule has 32 heavy (non-hydrogen) atoms. The van der Waals surface area contributed by atoms with E-state index in [-0.39, 0.29) is 35.9 Å². The second kappa shape index (κ2) is 15.3. The van der Waals surface area contributed by atoms with E-state index in [9.17, 15) is 4.79 Å². The van der Waals surface area contributed by atoms with Crippen molar-refractivity contribution in [1.29, 1.82) is 0 Å². The number of nitrogens with zero attached hydrogens (tertiary/aromatic N) is 1. The van der Waals surface area contributed by atoms with Crippen molar-refractivity contribution in [3.8, 4) is 11.5 Å². The average molecular weight is 554 g/mol. The summed E-state index contributed by atoms with van der Waals surface area (Å²) < 4.78 is 11.3. The van der Waals surface area contributed by atoms with Gasteiger partial charge in [0.1, 0.15) is 0 Å². The van der Waals surface area contributed by atoms with Gasteiger partial charge in [-0.3, -0.25) is 9.79 Å². The fourth-order valence-corrected chi connectivity index (χ4v) is 3.00. The summed E-state index contributed by atoms with van der Waals surface area (Å²) in [5.41, 5.74) is 2.13. The molecule has 0 bridgehead atoms. The lowest BCUT2D eigenvalue weighted by Gasteiger charge is -2.20. The molecule has 2 rings (SSSR count). The predicted molar refractivity (Wildman–Crippen MR) is 140 cm³/mol. The molecule has 176 valence electrons. The molecule has 0 aliphatic carbocycles. The number of hydrogen-bond donors (Lipinski definition) is 3. The summed E-state index contributed by atoms with van der Waals surface area (Å²) in [6.07, 6.45) is 0.361. The summed E-state index contributed by atoms with van der Waals surface area (Å²) in [6, 6.07) is 15.8. The molecule has 8 heteroatoms. The lowest BCUT2D eigenvalue weighted by atomic mass is 10.1. The van der Waals surface area contributed by atoms with E-state index < -0.39 is 0 Å². The lowest BCUT2D eigenvalue weighted by molar-refractivity contribution is -0.121. The number of benzene rings is 2. The number of carbonyl (C=O) groups is 1. The normalized spacial score (nSPS) is 11.7. The van der Waals surface area contributed by atoms with Gasteiger partial charge in [-0.25, -0.2) is 0 Å². The van der Waals surface area contributed by atoms with Crippen LogP contribution in [0, 0.1) is 0 Å². The highest BCUT2D eigenvalue weighted by Gasteiger charge is 2.12. The number of rotatable bonds is 11. The molecular weight excluding hydrogens is 519 g/mol. The van der Waals surface area contributed by atoms with E-state index in [0.717, 1.165) is 22.6 Å². The van der Waals surface area contributed by atoms with E-state index in [4.69, 9.17) is 9.47 Å². The zero-order chi connectivity index (χ0) is 22.5. The maximum Gasteiger partial charge on any atom is 0.222 e. The summed E-state index contributed by atoms with van der Waals surface area (Å²) in [5.74, 6) is 2.10. The molecule has 0 fully saturated rings. The molecule has 2 aromatic rings. The van der Waals surface area contributed by atoms with E-state index in [0.29, 0.717) is 38.7 Å². The van der Waals surface area contributed by atoms with Crippen LogP contribution >= 0.6 is 24.0 Å². The van der Waals surface area contributed by atoms with Gasteiger partial charge in [0, 0.05) is 26.6 Å². The Morgan fingerprint density at radius 1 is 1.00 bits per heavy atom. The standard InChI is InChI=1S/C24H34N4O3.HI/c1-5-30-21-13-12-20(16-22(21)31-6-2)18(3)28-24(25-4)26-15-14-23(29)27-17-19-10-8-7-9-11-19;/h7-13,16,18H,5-6,14-15,17H2,1-4H3,(H,27,29)(H2,25,26,28);1H. The summed E-state index contributed by atoms with van der Waals surface area (Å²) in [6.45, 7) is 8.12. The maximum absolute atomic E-state index is 12.1. The first-order chi connectivity index (χ1) is 15.1. The molecule has 0 heterocycles. The van der Waals surface area contributed by atoms with Gasteiger partial charge in [-0.15, -0.1) is 24.0 Å². The highest BCUT2D eigenvalue weighted by Crippen LogP contribution is 2.30. The topological polar surface area (TPSA) is 84.0 Å². The molecule has 0 aliphatic heterocycles. The Balaban J connectivity index is 0.00000512. The van der Waals surface area contributed by atoms with Crippen molar-refractivity contribution in [3.05, 3.63) is 59.7 Å². The van der Waals surface area contributed by atoms with Gasteiger partial charge >= 0.3 is 0 Å². The zero-order valence-electron chi connectivity index (χ0n) is 19.3. The van der Waals surface area contributed by atoms with Crippen molar-refractivity contribution in [1.82, 2.24) is 16.0 Å². The largest absolute Gasteiger partial charge is 0.490 e. The van der Waals surface area contributed by atoms with Gasteiger partial charge in [0.15, 0.2) is 17.5 Å². The highest BCUT2D eigenvalue weighted by molar-refractivity contribution is 14.0. The molecule has 1 amide bonds. The molecule has 0 saturated carbocycles. The van der Waals surface area contributed by atoms with E-state index >= 15 is 0 Å². The van der Waals surface area contributed by atoms with Crippen LogP contribution in [0.2, 0.25) is 0 Å². The van der Waals surface area contributed by atoms with Crippen molar-refractivity contribution < 1.29 is 14.3 Å². The van der Waals surface area contributed by atoms with Gasteiger partial charge in [0.05, 0.1) is 19.3 Å². The van der Waals surface area contributed by atoms with Gasteiger partial charge in [-0.1, -0.05) is 36.4 Å². The number of hydrogen-bond acceptors (Lipinski definition) is 4. The van der Waals surface area contributed by atoms with Gasteiger partial charge in [-0.2, -0.15) is 0 Å². The number of nitrogens with one attached hydrogen (secondary N) is 3. The first-order valence-corrected chi connectivity index (χ1v) is 10.7. The van der Waals surface area contributed by atoms with Crippen LogP contribution in [-0.2, 0) is 11.3 Å². The Morgan fingerprint density at radius 3 is 2.34 bits per heavy atom. The lowest BCUT2D eigenvalue weighted by Crippen LogP contribution is -2.40. The fraction of sp³-hybridized carbons (Fsp3) is 0.417. The molecule has 0 aliphatic rings. The minimum Gasteiger partial charge on any atom is -0.490 e. The average Bonchev–Trinajstić information content (AvgIpc) is 2.79. The number of carbonyl (C=O) groups excluding carboxylic acids is 1. The Bertz CT molecular complexity index is 846. The minimum absolute atomic E-state index is 0. The van der Waals surface area contributed by atoms with Crippen LogP contribution in [0.1, 0.15) is 44.4 Å². The molecular formula is C24H35IN4O3. The minimum atomic E-state index is -0.00674. The SMILES string of the molecule is CCOc1ccc(C(C)NC(=NC)NCCC(=O)NCc2ccccc2)cc1OCC.I. The Hall–Kier alpha value is -2.49. The molecule has 1 atom stereocenters. The van der Waals surface area contributed by atoms with Crippen LogP contribution in [0.15, 0.2) is 53.5 Å². The molecule has 0 radical (unpaired) electrons. The molecule has 2 aromatic carbocycles. The summed E-state index contributed by atoms with van der Waals surface area (Å²) in [4.78, 5) is 16.3. The Labute approximate surface area is 208 Å². The van der Waals surface area contributed by atoms with E-state index in [2.05, 4.69) is 20.9 Å². The van der Waals surface area contributed by atoms with Crippen LogP contribution in [-0.4, -0.2) is 38.7 Å². The highest BCUT2D eigenvalue weighted by atomic mass is 127. The van der Waals surface area contributed by atoms with Crippen LogP contribution in [0.5, 0.6) is 11.5 Å². The van der Waals surface area contributed by atoms with Crippen molar-refractivity contribution in [2.75, 3.05) is 26.8 Å². The molecule has 0 spiro atoms. The number of amides is 1. The number of halogens is 1. The Morgan fingerprint density at radius 2 is 1.69 bits per heavy atom. The third-order valence-corrected chi connectivity index (χ3v) is 4.62. The predicted octanol–water partition coefficient (Wildman–Crippen LogP) is 4.03. The summed E-state index contributed by atoms with van der Waals surface area (Å²) in [5, 5.41) is 9.46. The molecule has 0 saturated heterocycles. The summed E-state index contributed by atoms with van der Waals surface area (Å²) in [7, 11) is 1.71. The molecule has 0 aromatic heterocycles. The number of ether oxygens (including phenoxy) is 2. The zero-order valence-corrected chi connectivity index (χ0v) is 21.6. The van der Waals surface area contributed by atoms with Crippen LogP contribution in [0.3, 0.4) is 0 Å². The van der Waals surface area contributed by atoms with E-state index in [1.54, 1.807) is 7.05 Å².